The SMILES string of the molecule is CC/C=C\C/C=C\C/C=C\C/C=C\C/C=C\CCCCCCCCCCCC(=O)OC(COC(=O)CCCCCCCCCCCC)COC(=O)CCCCCCCCCCCCCCCC/C=C\C/C=C\C/C=C\CCCCCCC. The quantitative estimate of drug-likeness (QED) is 0.0261. The molecule has 0 saturated carbocycles. The summed E-state index contributed by atoms with van der Waals surface area (Å²) < 4.78 is 16.9. The van der Waals surface area contributed by atoms with Crippen LogP contribution in [-0.2, 0) is 28.6 Å². The van der Waals surface area contributed by atoms with E-state index in [1.54, 1.807) is 0 Å². The van der Waals surface area contributed by atoms with Crippen LogP contribution in [0, 0.1) is 0 Å². The molecule has 6 nitrogen and oxygen atoms in total. The number of allylic oxidation sites excluding steroid dienone is 16. The van der Waals surface area contributed by atoms with Crippen LogP contribution < -0.4 is 0 Å². The van der Waals surface area contributed by atoms with Crippen molar-refractivity contribution in [2.24, 2.45) is 0 Å². The number of ether oxygens (including phenoxy) is 3. The first-order valence-corrected chi connectivity index (χ1v) is 35.2. The molecule has 0 aliphatic heterocycles. The molecule has 82 heavy (non-hydrogen) atoms. The third kappa shape index (κ3) is 67.1. The molecule has 0 N–H and O–H groups in total. The van der Waals surface area contributed by atoms with E-state index >= 15 is 0 Å². The molecule has 0 spiro atoms. The molecular formula is C76H132O6. The van der Waals surface area contributed by atoms with Gasteiger partial charge in [0.05, 0.1) is 0 Å². The van der Waals surface area contributed by atoms with Gasteiger partial charge in [0.15, 0.2) is 6.10 Å². The molecule has 0 bridgehead atoms. The maximum absolute atomic E-state index is 12.9. The fraction of sp³-hybridized carbons (Fsp3) is 0.750. The highest BCUT2D eigenvalue weighted by Gasteiger charge is 2.19. The van der Waals surface area contributed by atoms with E-state index in [4.69, 9.17) is 14.2 Å². The third-order valence-corrected chi connectivity index (χ3v) is 15.3. The minimum atomic E-state index is -0.781. The molecule has 1 atom stereocenters. The van der Waals surface area contributed by atoms with Crippen LogP contribution in [-0.4, -0.2) is 37.2 Å². The van der Waals surface area contributed by atoms with Crippen molar-refractivity contribution in [2.45, 2.75) is 354 Å². The van der Waals surface area contributed by atoms with E-state index in [2.05, 4.69) is 118 Å². The van der Waals surface area contributed by atoms with Gasteiger partial charge in [0, 0.05) is 19.3 Å². The van der Waals surface area contributed by atoms with Crippen molar-refractivity contribution in [1.82, 2.24) is 0 Å². The predicted octanol–water partition coefficient (Wildman–Crippen LogP) is 24.4. The number of hydrogen-bond acceptors (Lipinski definition) is 6. The van der Waals surface area contributed by atoms with Crippen LogP contribution in [0.2, 0.25) is 0 Å². The number of carbonyl (C=O) groups excluding carboxylic acids is 3. The highest BCUT2D eigenvalue weighted by Crippen LogP contribution is 2.17. The average Bonchev–Trinajstić information content (AvgIpc) is 3.47. The minimum absolute atomic E-state index is 0.0766. The van der Waals surface area contributed by atoms with Gasteiger partial charge < -0.3 is 14.2 Å². The fourth-order valence-corrected chi connectivity index (χ4v) is 10.1. The second-order valence-electron chi connectivity index (χ2n) is 23.4. The molecule has 0 heterocycles. The van der Waals surface area contributed by atoms with Gasteiger partial charge in [-0.15, -0.1) is 0 Å². The Hall–Kier alpha value is -3.67. The molecule has 0 aromatic heterocycles. The molecule has 0 aliphatic rings. The average molecular weight is 1140 g/mol. The maximum atomic E-state index is 12.9. The fourth-order valence-electron chi connectivity index (χ4n) is 10.1. The standard InChI is InChI=1S/C76H132O6/c1-4-7-10-13-16-19-22-24-26-28-30-32-34-36-37-38-39-41-42-44-46-48-50-52-54-57-60-63-66-69-75(78)81-72-73(71-80-74(77)68-65-62-59-56-21-18-15-12-9-6-3)82-76(79)70-67-64-61-58-55-53-51-49-47-45-43-40-35-33-31-29-27-25-23-20-17-14-11-8-5-2/h8,11,17,20,22,24-25,27-28,30-31,33-34,36,40,43,73H,4-7,9-10,12-16,18-19,21,23,26,29,32,35,37-39,41-42,44-72H2,1-3H3/b11-8-,20-17-,24-22-,27-25-,30-28-,33-31-,36-34-,43-40-. The predicted molar refractivity (Wildman–Crippen MR) is 357 cm³/mol. The summed E-state index contributed by atoms with van der Waals surface area (Å²) in [6, 6.07) is 0. The van der Waals surface area contributed by atoms with Crippen molar-refractivity contribution in [2.75, 3.05) is 13.2 Å². The lowest BCUT2D eigenvalue weighted by molar-refractivity contribution is -0.167. The van der Waals surface area contributed by atoms with Crippen molar-refractivity contribution in [1.29, 1.82) is 0 Å². The first kappa shape index (κ1) is 78.3. The van der Waals surface area contributed by atoms with Crippen molar-refractivity contribution >= 4 is 17.9 Å². The molecule has 0 aromatic rings. The van der Waals surface area contributed by atoms with Crippen LogP contribution >= 0.6 is 0 Å². The minimum Gasteiger partial charge on any atom is -0.462 e. The summed E-state index contributed by atoms with van der Waals surface area (Å²) in [4.78, 5) is 38.3. The Bertz CT molecular complexity index is 1590. The van der Waals surface area contributed by atoms with E-state index in [1.807, 2.05) is 0 Å². The Morgan fingerprint density at radius 3 is 0.744 bits per heavy atom. The second kappa shape index (κ2) is 69.8. The molecule has 0 aromatic carbocycles. The molecule has 0 aliphatic carbocycles. The maximum Gasteiger partial charge on any atom is 0.306 e. The van der Waals surface area contributed by atoms with Gasteiger partial charge in [-0.05, 0) is 103 Å². The van der Waals surface area contributed by atoms with Gasteiger partial charge in [-0.1, -0.05) is 323 Å². The first-order valence-electron chi connectivity index (χ1n) is 35.2. The van der Waals surface area contributed by atoms with Crippen LogP contribution in [0.25, 0.3) is 0 Å². The lowest BCUT2D eigenvalue weighted by Crippen LogP contribution is -2.30. The Balaban J connectivity index is 4.20. The van der Waals surface area contributed by atoms with E-state index < -0.39 is 6.10 Å². The molecule has 472 valence electrons. The zero-order valence-corrected chi connectivity index (χ0v) is 54.2. The summed E-state index contributed by atoms with van der Waals surface area (Å²) in [5.74, 6) is -0.870. The summed E-state index contributed by atoms with van der Waals surface area (Å²) >= 11 is 0. The Kier molecular flexibility index (Phi) is 66.7. The van der Waals surface area contributed by atoms with E-state index in [0.717, 1.165) is 109 Å². The first-order chi connectivity index (χ1) is 40.5. The molecule has 0 saturated heterocycles. The zero-order valence-electron chi connectivity index (χ0n) is 54.2. The lowest BCUT2D eigenvalue weighted by atomic mass is 10.0. The lowest BCUT2D eigenvalue weighted by Gasteiger charge is -2.18. The topological polar surface area (TPSA) is 78.9 Å². The Labute approximate surface area is 508 Å². The summed E-state index contributed by atoms with van der Waals surface area (Å²) in [6.07, 6.45) is 94.4. The Morgan fingerprint density at radius 2 is 0.476 bits per heavy atom. The number of carbonyl (C=O) groups is 3. The summed E-state index contributed by atoms with van der Waals surface area (Å²) in [6.45, 7) is 6.53. The number of unbranched alkanes of at least 4 members (excludes halogenated alkanes) is 37. The van der Waals surface area contributed by atoms with Gasteiger partial charge in [-0.25, -0.2) is 0 Å². The summed E-state index contributed by atoms with van der Waals surface area (Å²) in [7, 11) is 0. The highest BCUT2D eigenvalue weighted by atomic mass is 16.6. The van der Waals surface area contributed by atoms with E-state index in [9.17, 15) is 14.4 Å². The summed E-state index contributed by atoms with van der Waals surface area (Å²) in [5.41, 5.74) is 0. The number of rotatable bonds is 64. The highest BCUT2D eigenvalue weighted by molar-refractivity contribution is 5.71. The molecule has 1 unspecified atom stereocenters. The van der Waals surface area contributed by atoms with E-state index in [0.29, 0.717) is 19.3 Å². The molecule has 0 rings (SSSR count). The number of esters is 3. The van der Waals surface area contributed by atoms with Gasteiger partial charge in [0.2, 0.25) is 0 Å². The van der Waals surface area contributed by atoms with Crippen LogP contribution in [0.5, 0.6) is 0 Å². The van der Waals surface area contributed by atoms with E-state index in [1.165, 1.54) is 199 Å². The van der Waals surface area contributed by atoms with E-state index in [-0.39, 0.29) is 31.1 Å². The monoisotopic (exact) mass is 1140 g/mol. The smallest absolute Gasteiger partial charge is 0.306 e. The molecular weight excluding hydrogens is 1010 g/mol. The van der Waals surface area contributed by atoms with Gasteiger partial charge in [-0.2, -0.15) is 0 Å². The van der Waals surface area contributed by atoms with Gasteiger partial charge in [0.25, 0.3) is 0 Å². The normalized spacial score (nSPS) is 12.7. The van der Waals surface area contributed by atoms with Gasteiger partial charge in [-0.3, -0.25) is 14.4 Å². The van der Waals surface area contributed by atoms with Crippen molar-refractivity contribution in [3.63, 3.8) is 0 Å². The molecule has 6 heteroatoms. The van der Waals surface area contributed by atoms with Gasteiger partial charge >= 0.3 is 17.9 Å². The Morgan fingerprint density at radius 1 is 0.256 bits per heavy atom. The van der Waals surface area contributed by atoms with Crippen LogP contribution in [0.3, 0.4) is 0 Å². The van der Waals surface area contributed by atoms with Crippen molar-refractivity contribution < 1.29 is 28.6 Å². The van der Waals surface area contributed by atoms with Crippen molar-refractivity contribution in [3.05, 3.63) is 97.2 Å². The van der Waals surface area contributed by atoms with Crippen LogP contribution in [0.15, 0.2) is 97.2 Å². The van der Waals surface area contributed by atoms with Crippen molar-refractivity contribution in [3.8, 4) is 0 Å². The van der Waals surface area contributed by atoms with Crippen LogP contribution in [0.1, 0.15) is 348 Å². The largest absolute Gasteiger partial charge is 0.462 e. The van der Waals surface area contributed by atoms with Gasteiger partial charge in [0.1, 0.15) is 13.2 Å². The third-order valence-electron chi connectivity index (χ3n) is 15.3. The summed E-state index contributed by atoms with van der Waals surface area (Å²) in [5, 5.41) is 0. The second-order valence-corrected chi connectivity index (χ2v) is 23.4. The molecule has 0 radical (unpaired) electrons. The number of hydrogen-bond donors (Lipinski definition) is 0. The molecule has 0 amide bonds. The van der Waals surface area contributed by atoms with Crippen LogP contribution in [0.4, 0.5) is 0 Å². The molecule has 0 fully saturated rings. The zero-order chi connectivity index (χ0) is 59.2.